The third-order valence-electron chi connectivity index (χ3n) is 3.44. The van der Waals surface area contributed by atoms with Crippen LogP contribution in [0.3, 0.4) is 0 Å². The zero-order chi connectivity index (χ0) is 13.7. The minimum absolute atomic E-state index is 0.185. The fourth-order valence-corrected chi connectivity index (χ4v) is 3.51. The lowest BCUT2D eigenvalue weighted by molar-refractivity contribution is -0.139. The molecule has 2 atom stereocenters. The molecule has 1 aromatic carbocycles. The van der Waals surface area contributed by atoms with Gasteiger partial charge in [0.15, 0.2) is 0 Å². The average molecular weight is 280 g/mol. The fraction of sp³-hybridized carbons (Fsp3) is 0.533. The van der Waals surface area contributed by atoms with E-state index in [-0.39, 0.29) is 5.97 Å². The Hall–Kier alpha value is -1.00. The molecule has 0 amide bonds. The molecule has 3 nitrogen and oxygen atoms in total. The number of rotatable bonds is 5. The Labute approximate surface area is 118 Å². The van der Waals surface area contributed by atoms with Crippen molar-refractivity contribution in [2.24, 2.45) is 0 Å². The molecule has 0 bridgehead atoms. The van der Waals surface area contributed by atoms with Crippen LogP contribution in [0, 0.1) is 0 Å². The van der Waals surface area contributed by atoms with Gasteiger partial charge in [-0.15, -0.1) is 0 Å². The summed E-state index contributed by atoms with van der Waals surface area (Å²) in [6, 6.07) is 8.08. The minimum atomic E-state index is -0.185. The number of ether oxygens (including phenoxy) is 2. The van der Waals surface area contributed by atoms with Crippen LogP contribution in [0.2, 0.25) is 0 Å². The van der Waals surface area contributed by atoms with E-state index in [1.54, 1.807) is 0 Å². The highest BCUT2D eigenvalue weighted by Gasteiger charge is 2.24. The molecule has 2 unspecified atom stereocenters. The molecule has 0 saturated carbocycles. The number of hydrogen-bond donors (Lipinski definition) is 0. The minimum Gasteiger partial charge on any atom is -0.469 e. The van der Waals surface area contributed by atoms with E-state index >= 15 is 0 Å². The van der Waals surface area contributed by atoms with Crippen molar-refractivity contribution in [1.82, 2.24) is 0 Å². The molecule has 1 heterocycles. The first-order valence-corrected chi connectivity index (χ1v) is 7.62. The summed E-state index contributed by atoms with van der Waals surface area (Å²) in [6.45, 7) is 2.99. The van der Waals surface area contributed by atoms with Crippen molar-refractivity contribution in [3.63, 3.8) is 0 Å². The van der Waals surface area contributed by atoms with E-state index in [1.165, 1.54) is 12.7 Å². The number of methoxy groups -OCH3 is 1. The van der Waals surface area contributed by atoms with Crippen LogP contribution in [-0.4, -0.2) is 31.0 Å². The lowest BCUT2D eigenvalue weighted by atomic mass is 10.1. The molecular formula is C15H20O3S. The van der Waals surface area contributed by atoms with Crippen molar-refractivity contribution < 1.29 is 14.3 Å². The summed E-state index contributed by atoms with van der Waals surface area (Å²) >= 11 is 1.92. The van der Waals surface area contributed by atoms with E-state index in [0.717, 1.165) is 24.3 Å². The Balaban J connectivity index is 1.97. The lowest BCUT2D eigenvalue weighted by Gasteiger charge is -2.15. The Bertz CT molecular complexity index is 433. The third kappa shape index (κ3) is 3.98. The molecule has 0 radical (unpaired) electrons. The molecule has 19 heavy (non-hydrogen) atoms. The van der Waals surface area contributed by atoms with Gasteiger partial charge in [0.2, 0.25) is 0 Å². The van der Waals surface area contributed by atoms with Gasteiger partial charge in [-0.1, -0.05) is 24.3 Å². The third-order valence-corrected chi connectivity index (χ3v) is 4.97. The normalized spacial score (nSPS) is 22.4. The quantitative estimate of drug-likeness (QED) is 0.777. The summed E-state index contributed by atoms with van der Waals surface area (Å²) in [4.78, 5) is 11.4. The van der Waals surface area contributed by atoms with E-state index in [9.17, 15) is 4.79 Å². The second kappa shape index (κ2) is 6.96. The van der Waals surface area contributed by atoms with Crippen molar-refractivity contribution in [1.29, 1.82) is 0 Å². The van der Waals surface area contributed by atoms with Crippen molar-refractivity contribution in [3.05, 3.63) is 35.4 Å². The predicted molar refractivity (Wildman–Crippen MR) is 77.3 cm³/mol. The van der Waals surface area contributed by atoms with Crippen LogP contribution < -0.4 is 0 Å². The van der Waals surface area contributed by atoms with E-state index in [4.69, 9.17) is 9.47 Å². The summed E-state index contributed by atoms with van der Waals surface area (Å²) in [6.07, 6.45) is 1.80. The van der Waals surface area contributed by atoms with E-state index in [1.807, 2.05) is 30.0 Å². The maximum Gasteiger partial charge on any atom is 0.309 e. The van der Waals surface area contributed by atoms with Crippen LogP contribution in [0.25, 0.3) is 0 Å². The molecule has 2 rings (SSSR count). The summed E-state index contributed by atoms with van der Waals surface area (Å²) in [5, 5.41) is 0.561. The van der Waals surface area contributed by atoms with Crippen molar-refractivity contribution in [2.75, 3.05) is 13.7 Å². The van der Waals surface area contributed by atoms with Gasteiger partial charge in [-0.05, 0) is 24.5 Å². The molecular weight excluding hydrogens is 260 g/mol. The molecule has 0 aliphatic carbocycles. The average Bonchev–Trinajstić information content (AvgIpc) is 2.83. The van der Waals surface area contributed by atoms with E-state index in [0.29, 0.717) is 17.8 Å². The molecule has 1 aliphatic heterocycles. The highest BCUT2D eigenvalue weighted by Crippen LogP contribution is 2.29. The zero-order valence-corrected chi connectivity index (χ0v) is 12.2. The molecule has 0 spiro atoms. The van der Waals surface area contributed by atoms with Crippen LogP contribution in [0.15, 0.2) is 24.3 Å². The monoisotopic (exact) mass is 280 g/mol. The molecule has 0 N–H and O–H groups in total. The molecule has 1 aromatic rings. The van der Waals surface area contributed by atoms with Gasteiger partial charge in [-0.3, -0.25) is 4.79 Å². The van der Waals surface area contributed by atoms with E-state index < -0.39 is 0 Å². The highest BCUT2D eigenvalue weighted by atomic mass is 32.2. The van der Waals surface area contributed by atoms with Crippen LogP contribution in [0.5, 0.6) is 0 Å². The second-order valence-electron chi connectivity index (χ2n) is 4.74. The molecule has 1 saturated heterocycles. The van der Waals surface area contributed by atoms with Gasteiger partial charge in [0, 0.05) is 17.6 Å². The number of thioether (sulfide) groups is 1. The first kappa shape index (κ1) is 14.4. The van der Waals surface area contributed by atoms with Gasteiger partial charge >= 0.3 is 5.97 Å². The summed E-state index contributed by atoms with van der Waals surface area (Å²) in [5.74, 6) is 0.737. The first-order valence-electron chi connectivity index (χ1n) is 6.57. The van der Waals surface area contributed by atoms with Crippen molar-refractivity contribution in [3.8, 4) is 0 Å². The van der Waals surface area contributed by atoms with Crippen molar-refractivity contribution >= 4 is 17.7 Å². The number of carbonyl (C=O) groups excluding carboxylic acids is 1. The number of carbonyl (C=O) groups is 1. The SMILES string of the molecule is COC(=O)Cc1ccccc1CSC1CCOC1C. The Kier molecular flexibility index (Phi) is 5.28. The van der Waals surface area contributed by atoms with Gasteiger partial charge < -0.3 is 9.47 Å². The molecule has 104 valence electrons. The Morgan fingerprint density at radius 1 is 1.42 bits per heavy atom. The summed E-state index contributed by atoms with van der Waals surface area (Å²) in [5.41, 5.74) is 2.28. The summed E-state index contributed by atoms with van der Waals surface area (Å²) < 4.78 is 10.3. The second-order valence-corrected chi connectivity index (χ2v) is 5.96. The number of hydrogen-bond acceptors (Lipinski definition) is 4. The smallest absolute Gasteiger partial charge is 0.309 e. The molecule has 4 heteroatoms. The molecule has 0 aromatic heterocycles. The maximum absolute atomic E-state index is 11.4. The van der Waals surface area contributed by atoms with Crippen LogP contribution in [0.1, 0.15) is 24.5 Å². The number of benzene rings is 1. The predicted octanol–water partition coefficient (Wildman–Crippen LogP) is 2.81. The molecule has 1 aliphatic rings. The zero-order valence-electron chi connectivity index (χ0n) is 11.4. The Morgan fingerprint density at radius 3 is 2.79 bits per heavy atom. The largest absolute Gasteiger partial charge is 0.469 e. The fourth-order valence-electron chi connectivity index (χ4n) is 2.23. The lowest BCUT2D eigenvalue weighted by Crippen LogP contribution is -2.14. The summed E-state index contributed by atoms with van der Waals surface area (Å²) in [7, 11) is 1.43. The van der Waals surface area contributed by atoms with Gasteiger partial charge in [0.1, 0.15) is 0 Å². The van der Waals surface area contributed by atoms with Crippen LogP contribution >= 0.6 is 11.8 Å². The highest BCUT2D eigenvalue weighted by molar-refractivity contribution is 7.99. The maximum atomic E-state index is 11.4. The topological polar surface area (TPSA) is 35.5 Å². The van der Waals surface area contributed by atoms with Gasteiger partial charge in [-0.2, -0.15) is 11.8 Å². The van der Waals surface area contributed by atoms with Crippen molar-refractivity contribution in [2.45, 2.75) is 36.9 Å². The van der Waals surface area contributed by atoms with Gasteiger partial charge in [0.05, 0.1) is 19.6 Å². The van der Waals surface area contributed by atoms with Crippen LogP contribution in [0.4, 0.5) is 0 Å². The standard InChI is InChI=1S/C15H20O3S/c1-11-14(7-8-18-11)19-10-13-6-4-3-5-12(13)9-15(16)17-2/h3-6,11,14H,7-10H2,1-2H3. The van der Waals surface area contributed by atoms with Crippen LogP contribution in [-0.2, 0) is 26.4 Å². The van der Waals surface area contributed by atoms with Gasteiger partial charge in [-0.25, -0.2) is 0 Å². The Morgan fingerprint density at radius 2 is 2.16 bits per heavy atom. The van der Waals surface area contributed by atoms with E-state index in [2.05, 4.69) is 13.0 Å². The molecule has 1 fully saturated rings. The number of esters is 1. The van der Waals surface area contributed by atoms with Gasteiger partial charge in [0.25, 0.3) is 0 Å². The first-order chi connectivity index (χ1) is 9.20.